The van der Waals surface area contributed by atoms with Gasteiger partial charge in [0.1, 0.15) is 0 Å². The second-order valence-corrected chi connectivity index (χ2v) is 4.36. The van der Waals surface area contributed by atoms with Crippen molar-refractivity contribution >= 4 is 0 Å². The van der Waals surface area contributed by atoms with Crippen LogP contribution in [0.1, 0.15) is 16.7 Å². The molecule has 2 aromatic carbocycles. The third-order valence-electron chi connectivity index (χ3n) is 2.91. The number of nitriles is 1. The topological polar surface area (TPSA) is 96.5 Å². The minimum atomic E-state index is -0.518. The van der Waals surface area contributed by atoms with Crippen molar-refractivity contribution < 1.29 is 15.3 Å². The fourth-order valence-corrected chi connectivity index (χ4v) is 1.85. The SMILES string of the molecule is N#Cc1cccc(CNCc2ccc(O)c(O)c2O)c1. The Hall–Kier alpha value is -2.71. The molecule has 0 aliphatic rings. The number of hydrogen-bond donors (Lipinski definition) is 4. The van der Waals surface area contributed by atoms with E-state index in [1.807, 2.05) is 6.07 Å². The quantitative estimate of drug-likeness (QED) is 0.637. The molecule has 5 nitrogen and oxygen atoms in total. The number of nitrogens with one attached hydrogen (secondary N) is 1. The van der Waals surface area contributed by atoms with Crippen LogP contribution >= 0.6 is 0 Å². The van der Waals surface area contributed by atoms with Crippen molar-refractivity contribution in [2.75, 3.05) is 0 Å². The molecule has 4 N–H and O–H groups in total. The van der Waals surface area contributed by atoms with Gasteiger partial charge >= 0.3 is 0 Å². The van der Waals surface area contributed by atoms with E-state index in [9.17, 15) is 15.3 Å². The number of aromatic hydroxyl groups is 3. The lowest BCUT2D eigenvalue weighted by Gasteiger charge is -2.09. The summed E-state index contributed by atoms with van der Waals surface area (Å²) in [5.74, 6) is -1.20. The molecule has 0 atom stereocenters. The molecule has 0 aromatic heterocycles. The number of phenols is 3. The third-order valence-corrected chi connectivity index (χ3v) is 2.91. The average Bonchev–Trinajstić information content (AvgIpc) is 2.47. The summed E-state index contributed by atoms with van der Waals surface area (Å²) in [5.41, 5.74) is 2.03. The predicted molar refractivity (Wildman–Crippen MR) is 73.1 cm³/mol. The van der Waals surface area contributed by atoms with Gasteiger partial charge in [-0.1, -0.05) is 18.2 Å². The lowest BCUT2D eigenvalue weighted by Crippen LogP contribution is -2.12. The maximum Gasteiger partial charge on any atom is 0.200 e. The Bertz CT molecular complexity index is 663. The largest absolute Gasteiger partial charge is 0.504 e. The highest BCUT2D eigenvalue weighted by atomic mass is 16.3. The summed E-state index contributed by atoms with van der Waals surface area (Å²) < 4.78 is 0. The van der Waals surface area contributed by atoms with Crippen molar-refractivity contribution in [2.45, 2.75) is 13.1 Å². The van der Waals surface area contributed by atoms with Gasteiger partial charge in [0.25, 0.3) is 0 Å². The standard InChI is InChI=1S/C15H14N2O3/c16-7-10-2-1-3-11(6-10)8-17-9-12-4-5-13(18)15(20)14(12)19/h1-6,17-20H,8-9H2. The van der Waals surface area contributed by atoms with Crippen LogP contribution in [0.4, 0.5) is 0 Å². The zero-order chi connectivity index (χ0) is 14.5. The summed E-state index contributed by atoms with van der Waals surface area (Å²) in [7, 11) is 0. The summed E-state index contributed by atoms with van der Waals surface area (Å²) in [6, 6.07) is 12.1. The number of benzene rings is 2. The van der Waals surface area contributed by atoms with Crippen molar-refractivity contribution in [2.24, 2.45) is 0 Å². The molecular weight excluding hydrogens is 256 g/mol. The van der Waals surface area contributed by atoms with E-state index in [2.05, 4.69) is 11.4 Å². The van der Waals surface area contributed by atoms with Gasteiger partial charge in [0.05, 0.1) is 11.6 Å². The van der Waals surface area contributed by atoms with Gasteiger partial charge in [-0.05, 0) is 23.8 Å². The summed E-state index contributed by atoms with van der Waals surface area (Å²) in [5, 5.41) is 40.2. The minimum Gasteiger partial charge on any atom is -0.504 e. The van der Waals surface area contributed by atoms with E-state index in [0.717, 1.165) is 5.56 Å². The maximum atomic E-state index is 9.66. The monoisotopic (exact) mass is 270 g/mol. The number of nitrogens with zero attached hydrogens (tertiary/aromatic N) is 1. The minimum absolute atomic E-state index is 0.330. The highest BCUT2D eigenvalue weighted by Gasteiger charge is 2.10. The second kappa shape index (κ2) is 5.95. The van der Waals surface area contributed by atoms with Crippen molar-refractivity contribution in [3.63, 3.8) is 0 Å². The van der Waals surface area contributed by atoms with Gasteiger partial charge in [0.15, 0.2) is 11.5 Å². The highest BCUT2D eigenvalue weighted by molar-refractivity contribution is 5.53. The summed E-state index contributed by atoms with van der Waals surface area (Å²) in [4.78, 5) is 0. The first-order valence-corrected chi connectivity index (χ1v) is 6.04. The van der Waals surface area contributed by atoms with Crippen LogP contribution in [0.15, 0.2) is 36.4 Å². The Morgan fingerprint density at radius 1 is 1.00 bits per heavy atom. The Kier molecular flexibility index (Phi) is 4.08. The third kappa shape index (κ3) is 2.99. The smallest absolute Gasteiger partial charge is 0.200 e. The van der Waals surface area contributed by atoms with Gasteiger partial charge in [-0.2, -0.15) is 5.26 Å². The van der Waals surface area contributed by atoms with E-state index in [4.69, 9.17) is 5.26 Å². The van der Waals surface area contributed by atoms with Crippen molar-refractivity contribution in [1.29, 1.82) is 5.26 Å². The van der Waals surface area contributed by atoms with Gasteiger partial charge in [0.2, 0.25) is 5.75 Å². The van der Waals surface area contributed by atoms with Crippen LogP contribution < -0.4 is 5.32 Å². The summed E-state index contributed by atoms with van der Waals surface area (Å²) in [6.45, 7) is 0.854. The number of hydrogen-bond acceptors (Lipinski definition) is 5. The molecule has 0 heterocycles. The first-order valence-electron chi connectivity index (χ1n) is 6.04. The van der Waals surface area contributed by atoms with Crippen LogP contribution in [-0.2, 0) is 13.1 Å². The molecule has 0 saturated heterocycles. The molecule has 0 saturated carbocycles. The van der Waals surface area contributed by atoms with Gasteiger partial charge in [0, 0.05) is 18.7 Å². The molecule has 0 aliphatic carbocycles. The van der Waals surface area contributed by atoms with E-state index in [1.54, 1.807) is 18.2 Å². The fourth-order valence-electron chi connectivity index (χ4n) is 1.85. The predicted octanol–water partition coefficient (Wildman–Crippen LogP) is 1.96. The molecule has 0 unspecified atom stereocenters. The molecule has 5 heteroatoms. The summed E-state index contributed by atoms with van der Waals surface area (Å²) >= 11 is 0. The normalized spacial score (nSPS) is 10.2. The van der Waals surface area contributed by atoms with Gasteiger partial charge in [-0.25, -0.2) is 0 Å². The van der Waals surface area contributed by atoms with E-state index in [1.165, 1.54) is 12.1 Å². The van der Waals surface area contributed by atoms with E-state index < -0.39 is 5.75 Å². The van der Waals surface area contributed by atoms with Crippen LogP contribution in [0.3, 0.4) is 0 Å². The Morgan fingerprint density at radius 2 is 1.80 bits per heavy atom. The Morgan fingerprint density at radius 3 is 2.55 bits per heavy atom. The molecule has 0 bridgehead atoms. The molecule has 20 heavy (non-hydrogen) atoms. The van der Waals surface area contributed by atoms with E-state index >= 15 is 0 Å². The van der Waals surface area contributed by atoms with Crippen molar-refractivity contribution in [1.82, 2.24) is 5.32 Å². The zero-order valence-corrected chi connectivity index (χ0v) is 10.7. The molecule has 0 radical (unpaired) electrons. The molecule has 102 valence electrons. The highest BCUT2D eigenvalue weighted by Crippen LogP contribution is 2.36. The maximum absolute atomic E-state index is 9.66. The lowest BCUT2D eigenvalue weighted by molar-refractivity contribution is 0.364. The molecule has 0 aliphatic heterocycles. The summed E-state index contributed by atoms with van der Waals surface area (Å²) in [6.07, 6.45) is 0. The second-order valence-electron chi connectivity index (χ2n) is 4.36. The van der Waals surface area contributed by atoms with Crippen molar-refractivity contribution in [3.8, 4) is 23.3 Å². The first-order chi connectivity index (χ1) is 9.61. The zero-order valence-electron chi connectivity index (χ0n) is 10.7. The fraction of sp³-hybridized carbons (Fsp3) is 0.133. The number of phenolic OH excluding ortho intramolecular Hbond substituents is 3. The van der Waals surface area contributed by atoms with Crippen LogP contribution in [-0.4, -0.2) is 15.3 Å². The molecule has 0 spiro atoms. The van der Waals surface area contributed by atoms with Gasteiger partial charge in [-0.3, -0.25) is 0 Å². The Balaban J connectivity index is 2.00. The first kappa shape index (κ1) is 13.7. The molecule has 0 amide bonds. The Labute approximate surface area is 116 Å². The van der Waals surface area contributed by atoms with Crippen LogP contribution in [0.5, 0.6) is 17.2 Å². The van der Waals surface area contributed by atoms with E-state index in [0.29, 0.717) is 24.2 Å². The molecular formula is C15H14N2O3. The number of rotatable bonds is 4. The van der Waals surface area contributed by atoms with E-state index in [-0.39, 0.29) is 11.5 Å². The molecule has 2 rings (SSSR count). The molecule has 2 aromatic rings. The average molecular weight is 270 g/mol. The van der Waals surface area contributed by atoms with Gasteiger partial charge < -0.3 is 20.6 Å². The van der Waals surface area contributed by atoms with Crippen LogP contribution in [0.25, 0.3) is 0 Å². The van der Waals surface area contributed by atoms with Crippen LogP contribution in [0.2, 0.25) is 0 Å². The van der Waals surface area contributed by atoms with Crippen LogP contribution in [0, 0.1) is 11.3 Å². The lowest BCUT2D eigenvalue weighted by atomic mass is 10.1. The molecule has 0 fully saturated rings. The van der Waals surface area contributed by atoms with Gasteiger partial charge in [-0.15, -0.1) is 0 Å². The van der Waals surface area contributed by atoms with Crippen molar-refractivity contribution in [3.05, 3.63) is 53.1 Å².